The van der Waals surface area contributed by atoms with Gasteiger partial charge in [-0.25, -0.2) is 0 Å². The summed E-state index contributed by atoms with van der Waals surface area (Å²) >= 11 is 0. The standard InChI is InChI=1S/C10H18N2O2/c13-7-8-2-4-12(6-8)10(14)9-1-3-11-5-9/h8-9,11,13H,1-7H2/t8-,9+/m1/s1. The minimum Gasteiger partial charge on any atom is -0.396 e. The fraction of sp³-hybridized carbons (Fsp3) is 0.900. The highest BCUT2D eigenvalue weighted by Gasteiger charge is 2.31. The summed E-state index contributed by atoms with van der Waals surface area (Å²) in [4.78, 5) is 13.8. The Bertz CT molecular complexity index is 214. The lowest BCUT2D eigenvalue weighted by molar-refractivity contribution is -0.134. The molecule has 0 aromatic rings. The Balaban J connectivity index is 1.86. The van der Waals surface area contributed by atoms with Crippen molar-refractivity contribution in [2.45, 2.75) is 12.8 Å². The van der Waals surface area contributed by atoms with Gasteiger partial charge in [0.05, 0.1) is 5.92 Å². The lowest BCUT2D eigenvalue weighted by Gasteiger charge is -2.19. The summed E-state index contributed by atoms with van der Waals surface area (Å²) in [5.74, 6) is 0.784. The van der Waals surface area contributed by atoms with Gasteiger partial charge in [0.15, 0.2) is 0 Å². The SMILES string of the molecule is O=C([C@H]1CCNC1)N1CC[C@@H](CO)C1. The van der Waals surface area contributed by atoms with Crippen molar-refractivity contribution in [1.82, 2.24) is 10.2 Å². The number of amides is 1. The molecule has 2 rings (SSSR count). The molecule has 2 saturated heterocycles. The number of nitrogens with zero attached hydrogens (tertiary/aromatic N) is 1. The van der Waals surface area contributed by atoms with E-state index in [-0.39, 0.29) is 18.4 Å². The Hall–Kier alpha value is -0.610. The molecule has 2 fully saturated rings. The zero-order valence-corrected chi connectivity index (χ0v) is 8.41. The predicted octanol–water partition coefficient (Wildman–Crippen LogP) is -0.563. The third-order valence-corrected chi connectivity index (χ3v) is 3.27. The van der Waals surface area contributed by atoms with Crippen molar-refractivity contribution in [3.05, 3.63) is 0 Å². The fourth-order valence-electron chi connectivity index (χ4n) is 2.31. The minimum absolute atomic E-state index is 0.187. The summed E-state index contributed by atoms with van der Waals surface area (Å²) in [7, 11) is 0. The number of hydrogen-bond donors (Lipinski definition) is 2. The molecule has 0 radical (unpaired) electrons. The fourth-order valence-corrected chi connectivity index (χ4v) is 2.31. The van der Waals surface area contributed by atoms with Gasteiger partial charge in [-0.15, -0.1) is 0 Å². The van der Waals surface area contributed by atoms with Gasteiger partial charge < -0.3 is 15.3 Å². The third-order valence-electron chi connectivity index (χ3n) is 3.27. The molecule has 2 aliphatic heterocycles. The van der Waals surface area contributed by atoms with E-state index in [1.54, 1.807) is 0 Å². The van der Waals surface area contributed by atoms with Crippen LogP contribution in [0.4, 0.5) is 0 Å². The van der Waals surface area contributed by atoms with Gasteiger partial charge in [0.2, 0.25) is 5.91 Å². The highest BCUT2D eigenvalue weighted by Crippen LogP contribution is 2.20. The van der Waals surface area contributed by atoms with Crippen LogP contribution in [0.3, 0.4) is 0 Å². The average molecular weight is 198 g/mol. The number of nitrogens with one attached hydrogen (secondary N) is 1. The highest BCUT2D eigenvalue weighted by molar-refractivity contribution is 5.79. The molecule has 2 heterocycles. The largest absolute Gasteiger partial charge is 0.396 e. The van der Waals surface area contributed by atoms with E-state index < -0.39 is 0 Å². The van der Waals surface area contributed by atoms with Gasteiger partial charge in [-0.1, -0.05) is 0 Å². The molecular weight excluding hydrogens is 180 g/mol. The van der Waals surface area contributed by atoms with Crippen LogP contribution in [0.1, 0.15) is 12.8 Å². The Labute approximate surface area is 84.3 Å². The maximum atomic E-state index is 11.9. The number of likely N-dealkylation sites (tertiary alicyclic amines) is 1. The van der Waals surface area contributed by atoms with Crippen LogP contribution in [-0.4, -0.2) is 48.7 Å². The molecule has 0 unspecified atom stereocenters. The van der Waals surface area contributed by atoms with Crippen molar-refractivity contribution in [3.8, 4) is 0 Å². The van der Waals surface area contributed by atoms with Gasteiger partial charge in [0.1, 0.15) is 0 Å². The van der Waals surface area contributed by atoms with Crippen molar-refractivity contribution >= 4 is 5.91 Å². The summed E-state index contributed by atoms with van der Waals surface area (Å²) in [6.45, 7) is 3.60. The third kappa shape index (κ3) is 1.91. The van der Waals surface area contributed by atoms with Crippen LogP contribution in [0.2, 0.25) is 0 Å². The lowest BCUT2D eigenvalue weighted by atomic mass is 10.1. The lowest BCUT2D eigenvalue weighted by Crippen LogP contribution is -2.35. The van der Waals surface area contributed by atoms with Gasteiger partial charge in [-0.05, 0) is 19.4 Å². The van der Waals surface area contributed by atoms with Crippen molar-refractivity contribution in [2.24, 2.45) is 11.8 Å². The number of carbonyl (C=O) groups excluding carboxylic acids is 1. The zero-order valence-electron chi connectivity index (χ0n) is 8.41. The van der Waals surface area contributed by atoms with E-state index in [1.807, 2.05) is 4.90 Å². The molecule has 0 spiro atoms. The molecule has 4 nitrogen and oxygen atoms in total. The summed E-state index contributed by atoms with van der Waals surface area (Å²) in [6, 6.07) is 0. The van der Waals surface area contributed by atoms with Gasteiger partial charge in [0.25, 0.3) is 0 Å². The first-order valence-electron chi connectivity index (χ1n) is 5.41. The quantitative estimate of drug-likeness (QED) is 0.625. The maximum absolute atomic E-state index is 11.9. The zero-order chi connectivity index (χ0) is 9.97. The molecule has 14 heavy (non-hydrogen) atoms. The van der Waals surface area contributed by atoms with Crippen LogP contribution in [0.5, 0.6) is 0 Å². The Kier molecular flexibility index (Phi) is 3.03. The molecule has 0 aliphatic carbocycles. The van der Waals surface area contributed by atoms with Crippen LogP contribution < -0.4 is 5.32 Å². The second-order valence-electron chi connectivity index (χ2n) is 4.31. The molecule has 0 bridgehead atoms. The van der Waals surface area contributed by atoms with Crippen LogP contribution in [0.25, 0.3) is 0 Å². The predicted molar refractivity (Wildman–Crippen MR) is 52.7 cm³/mol. The molecule has 2 N–H and O–H groups in total. The molecule has 0 aromatic heterocycles. The van der Waals surface area contributed by atoms with E-state index in [0.29, 0.717) is 5.92 Å². The Morgan fingerprint density at radius 3 is 2.93 bits per heavy atom. The van der Waals surface area contributed by atoms with Gasteiger partial charge in [0, 0.05) is 32.2 Å². The number of aliphatic hydroxyl groups excluding tert-OH is 1. The average Bonchev–Trinajstić information content (AvgIpc) is 2.88. The summed E-state index contributed by atoms with van der Waals surface area (Å²) in [6.07, 6.45) is 1.93. The van der Waals surface area contributed by atoms with Crippen molar-refractivity contribution in [3.63, 3.8) is 0 Å². The summed E-state index contributed by atoms with van der Waals surface area (Å²) < 4.78 is 0. The van der Waals surface area contributed by atoms with E-state index in [1.165, 1.54) is 0 Å². The first-order valence-corrected chi connectivity index (χ1v) is 5.41. The summed E-state index contributed by atoms with van der Waals surface area (Å²) in [5.41, 5.74) is 0. The van der Waals surface area contributed by atoms with E-state index in [0.717, 1.165) is 39.0 Å². The normalized spacial score (nSPS) is 32.5. The Morgan fingerprint density at radius 1 is 1.50 bits per heavy atom. The molecule has 0 saturated carbocycles. The van der Waals surface area contributed by atoms with Crippen LogP contribution in [0, 0.1) is 11.8 Å². The number of rotatable bonds is 2. The van der Waals surface area contributed by atoms with Crippen LogP contribution in [0.15, 0.2) is 0 Å². The van der Waals surface area contributed by atoms with Crippen LogP contribution >= 0.6 is 0 Å². The van der Waals surface area contributed by atoms with Crippen molar-refractivity contribution < 1.29 is 9.90 Å². The second kappa shape index (κ2) is 4.28. The molecule has 4 heteroatoms. The van der Waals surface area contributed by atoms with Gasteiger partial charge in [-0.2, -0.15) is 0 Å². The van der Waals surface area contributed by atoms with E-state index >= 15 is 0 Å². The monoisotopic (exact) mass is 198 g/mol. The van der Waals surface area contributed by atoms with E-state index in [9.17, 15) is 4.79 Å². The molecular formula is C10H18N2O2. The minimum atomic E-state index is 0.187. The second-order valence-corrected chi connectivity index (χ2v) is 4.31. The van der Waals surface area contributed by atoms with Gasteiger partial charge >= 0.3 is 0 Å². The molecule has 2 aliphatic rings. The molecule has 1 amide bonds. The Morgan fingerprint density at radius 2 is 2.36 bits per heavy atom. The number of carbonyl (C=O) groups is 1. The smallest absolute Gasteiger partial charge is 0.227 e. The van der Waals surface area contributed by atoms with Crippen molar-refractivity contribution in [1.29, 1.82) is 0 Å². The van der Waals surface area contributed by atoms with Gasteiger partial charge in [-0.3, -0.25) is 4.79 Å². The molecule has 80 valence electrons. The first kappa shape index (κ1) is 9.93. The van der Waals surface area contributed by atoms with Crippen molar-refractivity contribution in [2.75, 3.05) is 32.8 Å². The summed E-state index contributed by atoms with van der Waals surface area (Å²) in [5, 5.41) is 12.2. The van der Waals surface area contributed by atoms with E-state index in [2.05, 4.69) is 5.32 Å². The topological polar surface area (TPSA) is 52.6 Å². The van der Waals surface area contributed by atoms with Crippen LogP contribution in [-0.2, 0) is 4.79 Å². The highest BCUT2D eigenvalue weighted by atomic mass is 16.3. The number of hydrogen-bond acceptors (Lipinski definition) is 3. The maximum Gasteiger partial charge on any atom is 0.227 e. The molecule has 2 atom stereocenters. The van der Waals surface area contributed by atoms with E-state index in [4.69, 9.17) is 5.11 Å². The first-order chi connectivity index (χ1) is 6.81. The molecule has 0 aromatic carbocycles. The number of aliphatic hydroxyl groups is 1.